The molecule has 10 heteroatoms. The number of carbonyl (C=O) groups is 2. The summed E-state index contributed by atoms with van der Waals surface area (Å²) in [5, 5.41) is 2.97. The van der Waals surface area contributed by atoms with E-state index in [1.807, 2.05) is 35.2 Å². The van der Waals surface area contributed by atoms with Crippen LogP contribution in [0.5, 0.6) is 11.5 Å². The summed E-state index contributed by atoms with van der Waals surface area (Å²) in [6.07, 6.45) is 0. The molecule has 2 aliphatic rings. The quantitative estimate of drug-likeness (QED) is 0.589. The lowest BCUT2D eigenvalue weighted by molar-refractivity contribution is 0.0827. The molecule has 3 amide bonds. The van der Waals surface area contributed by atoms with E-state index in [4.69, 9.17) is 14.5 Å². The number of fused-ring (bicyclic) bond motifs is 2. The standard InChI is InChI=1S/C26H32N6O4/c1-4-32-21-7-5-18(25(33)29(2)3)15-20(21)28-24(32)17-30-9-11-31(12-10-30)26(34)27-19-6-8-22-23(16-19)36-14-13-35-22/h5-8,15-16H,4,9-14,17H2,1-3H3,(H,27,34). The largest absolute Gasteiger partial charge is 0.486 e. The van der Waals surface area contributed by atoms with Crippen molar-refractivity contribution in [3.8, 4) is 11.5 Å². The smallest absolute Gasteiger partial charge is 0.321 e. The first-order valence-corrected chi connectivity index (χ1v) is 12.3. The lowest BCUT2D eigenvalue weighted by Crippen LogP contribution is -2.49. The van der Waals surface area contributed by atoms with Gasteiger partial charge in [0.25, 0.3) is 5.91 Å². The maximum atomic E-state index is 12.8. The fourth-order valence-corrected chi connectivity index (χ4v) is 4.68. The Labute approximate surface area is 210 Å². The number of carbonyl (C=O) groups excluding carboxylic acids is 2. The second-order valence-electron chi connectivity index (χ2n) is 9.23. The van der Waals surface area contributed by atoms with Gasteiger partial charge in [-0.3, -0.25) is 9.69 Å². The Balaban J connectivity index is 1.21. The number of benzene rings is 2. The third kappa shape index (κ3) is 4.81. The van der Waals surface area contributed by atoms with Gasteiger partial charge in [0.05, 0.1) is 17.6 Å². The van der Waals surface area contributed by atoms with E-state index in [0.717, 1.165) is 36.5 Å². The number of anilines is 1. The van der Waals surface area contributed by atoms with Crippen molar-refractivity contribution in [3.05, 3.63) is 47.8 Å². The summed E-state index contributed by atoms with van der Waals surface area (Å²) >= 11 is 0. The minimum atomic E-state index is -0.120. The van der Waals surface area contributed by atoms with Gasteiger partial charge in [0.15, 0.2) is 11.5 Å². The van der Waals surface area contributed by atoms with E-state index in [1.165, 1.54) is 0 Å². The minimum absolute atomic E-state index is 0.0323. The van der Waals surface area contributed by atoms with Crippen molar-refractivity contribution in [2.75, 3.05) is 58.8 Å². The molecule has 2 aromatic carbocycles. The van der Waals surface area contributed by atoms with Gasteiger partial charge in [0.2, 0.25) is 0 Å². The molecule has 3 heterocycles. The van der Waals surface area contributed by atoms with E-state index in [0.29, 0.717) is 55.6 Å². The van der Waals surface area contributed by atoms with Crippen LogP contribution in [-0.4, -0.2) is 89.7 Å². The van der Waals surface area contributed by atoms with E-state index < -0.39 is 0 Å². The molecule has 1 saturated heterocycles. The number of rotatable bonds is 5. The predicted octanol–water partition coefficient (Wildman–Crippen LogP) is 2.88. The van der Waals surface area contributed by atoms with Crippen LogP contribution in [0.15, 0.2) is 36.4 Å². The number of aryl methyl sites for hydroxylation is 1. The van der Waals surface area contributed by atoms with Crippen molar-refractivity contribution < 1.29 is 19.1 Å². The monoisotopic (exact) mass is 492 g/mol. The topological polar surface area (TPSA) is 92.2 Å². The van der Waals surface area contributed by atoms with Crippen molar-refractivity contribution >= 4 is 28.7 Å². The first kappa shape index (κ1) is 23.9. The molecule has 0 atom stereocenters. The van der Waals surface area contributed by atoms with Gasteiger partial charge < -0.3 is 29.2 Å². The molecule has 1 fully saturated rings. The molecule has 0 unspecified atom stereocenters. The molecule has 0 bridgehead atoms. The highest BCUT2D eigenvalue weighted by molar-refractivity contribution is 5.97. The molecular formula is C26H32N6O4. The molecule has 3 aromatic rings. The molecule has 190 valence electrons. The summed E-state index contributed by atoms with van der Waals surface area (Å²) in [4.78, 5) is 35.8. The number of aromatic nitrogens is 2. The summed E-state index contributed by atoms with van der Waals surface area (Å²) in [7, 11) is 3.50. The van der Waals surface area contributed by atoms with Gasteiger partial charge in [-0.1, -0.05) is 0 Å². The number of ether oxygens (including phenoxy) is 2. The molecular weight excluding hydrogens is 460 g/mol. The summed E-state index contributed by atoms with van der Waals surface area (Å²) < 4.78 is 13.3. The van der Waals surface area contributed by atoms with Crippen LogP contribution in [0.2, 0.25) is 0 Å². The summed E-state index contributed by atoms with van der Waals surface area (Å²) in [5.41, 5.74) is 3.19. The highest BCUT2D eigenvalue weighted by atomic mass is 16.6. The fourth-order valence-electron chi connectivity index (χ4n) is 4.68. The van der Waals surface area contributed by atoms with Crippen LogP contribution < -0.4 is 14.8 Å². The van der Waals surface area contributed by atoms with Crippen LogP contribution in [0.3, 0.4) is 0 Å². The lowest BCUT2D eigenvalue weighted by atomic mass is 10.2. The average Bonchev–Trinajstić information content (AvgIpc) is 3.24. The first-order valence-electron chi connectivity index (χ1n) is 12.3. The molecule has 10 nitrogen and oxygen atoms in total. The molecule has 0 aliphatic carbocycles. The Morgan fingerprint density at radius 3 is 2.47 bits per heavy atom. The minimum Gasteiger partial charge on any atom is -0.486 e. The molecule has 36 heavy (non-hydrogen) atoms. The summed E-state index contributed by atoms with van der Waals surface area (Å²) in [6, 6.07) is 11.0. The maximum Gasteiger partial charge on any atom is 0.321 e. The lowest BCUT2D eigenvalue weighted by Gasteiger charge is -2.34. The first-order chi connectivity index (χ1) is 17.4. The van der Waals surface area contributed by atoms with Crippen LogP contribution >= 0.6 is 0 Å². The second kappa shape index (κ2) is 10.1. The number of hydrogen-bond acceptors (Lipinski definition) is 6. The summed E-state index contributed by atoms with van der Waals surface area (Å²) in [6.45, 7) is 7.40. The highest BCUT2D eigenvalue weighted by Gasteiger charge is 2.24. The van der Waals surface area contributed by atoms with Gasteiger partial charge in [-0.2, -0.15) is 0 Å². The Hall–Kier alpha value is -3.79. The van der Waals surface area contributed by atoms with Crippen molar-refractivity contribution in [2.45, 2.75) is 20.0 Å². The number of amides is 3. The second-order valence-corrected chi connectivity index (χ2v) is 9.23. The van der Waals surface area contributed by atoms with E-state index >= 15 is 0 Å². The molecule has 0 radical (unpaired) electrons. The Bertz CT molecular complexity index is 1280. The van der Waals surface area contributed by atoms with E-state index in [2.05, 4.69) is 21.7 Å². The Morgan fingerprint density at radius 2 is 1.75 bits per heavy atom. The third-order valence-corrected chi connectivity index (χ3v) is 6.61. The molecule has 1 aromatic heterocycles. The van der Waals surface area contributed by atoms with Crippen molar-refractivity contribution in [2.24, 2.45) is 0 Å². The van der Waals surface area contributed by atoms with Gasteiger partial charge >= 0.3 is 6.03 Å². The van der Waals surface area contributed by atoms with Gasteiger partial charge in [-0.05, 0) is 37.3 Å². The van der Waals surface area contributed by atoms with E-state index in [-0.39, 0.29) is 11.9 Å². The van der Waals surface area contributed by atoms with Crippen molar-refractivity contribution in [1.82, 2.24) is 24.3 Å². The van der Waals surface area contributed by atoms with E-state index in [1.54, 1.807) is 25.1 Å². The number of nitrogens with one attached hydrogen (secondary N) is 1. The Morgan fingerprint density at radius 1 is 1.00 bits per heavy atom. The molecule has 5 rings (SSSR count). The number of hydrogen-bond donors (Lipinski definition) is 1. The van der Waals surface area contributed by atoms with Crippen LogP contribution in [0, 0.1) is 0 Å². The maximum absolute atomic E-state index is 12.8. The molecule has 0 saturated carbocycles. The zero-order chi connectivity index (χ0) is 25.2. The fraction of sp³-hybridized carbons (Fsp3) is 0.423. The number of imidazole rings is 1. The number of nitrogens with zero attached hydrogens (tertiary/aromatic N) is 5. The summed E-state index contributed by atoms with van der Waals surface area (Å²) in [5.74, 6) is 2.29. The molecule has 0 spiro atoms. The highest BCUT2D eigenvalue weighted by Crippen LogP contribution is 2.32. The molecule has 1 N–H and O–H groups in total. The average molecular weight is 493 g/mol. The predicted molar refractivity (Wildman–Crippen MR) is 137 cm³/mol. The Kier molecular flexibility index (Phi) is 6.69. The normalized spacial score (nSPS) is 15.7. The van der Waals surface area contributed by atoms with Crippen LogP contribution in [-0.2, 0) is 13.1 Å². The van der Waals surface area contributed by atoms with Gasteiger partial charge in [-0.15, -0.1) is 0 Å². The van der Waals surface area contributed by atoms with Gasteiger partial charge in [0, 0.05) is 64.1 Å². The van der Waals surface area contributed by atoms with Crippen LogP contribution in [0.1, 0.15) is 23.1 Å². The molecule has 2 aliphatic heterocycles. The SMILES string of the molecule is CCn1c(CN2CCN(C(=O)Nc3ccc4c(c3)OCCO4)CC2)nc2cc(C(=O)N(C)C)ccc21. The zero-order valence-corrected chi connectivity index (χ0v) is 21.0. The number of piperazine rings is 1. The zero-order valence-electron chi connectivity index (χ0n) is 21.0. The van der Waals surface area contributed by atoms with Gasteiger partial charge in [0.1, 0.15) is 19.0 Å². The van der Waals surface area contributed by atoms with Crippen molar-refractivity contribution in [1.29, 1.82) is 0 Å². The van der Waals surface area contributed by atoms with Crippen LogP contribution in [0.4, 0.5) is 10.5 Å². The van der Waals surface area contributed by atoms with Gasteiger partial charge in [-0.25, -0.2) is 9.78 Å². The van der Waals surface area contributed by atoms with Crippen molar-refractivity contribution in [3.63, 3.8) is 0 Å². The van der Waals surface area contributed by atoms with E-state index in [9.17, 15) is 9.59 Å². The van der Waals surface area contributed by atoms with Crippen LogP contribution in [0.25, 0.3) is 11.0 Å². The number of urea groups is 1. The third-order valence-electron chi connectivity index (χ3n) is 6.61.